The number of nitrogens with one attached hydrogen (secondary N) is 1. The zero-order valence-corrected chi connectivity index (χ0v) is 18.1. The zero-order chi connectivity index (χ0) is 22.3. The van der Waals surface area contributed by atoms with Gasteiger partial charge in [0.25, 0.3) is 0 Å². The number of carbonyl (C=O) groups is 1. The highest BCUT2D eigenvalue weighted by atomic mass is 19.1. The van der Waals surface area contributed by atoms with Crippen molar-refractivity contribution in [3.05, 3.63) is 71.7 Å². The quantitative estimate of drug-likeness (QED) is 0.497. The minimum absolute atomic E-state index is 0.0321. The molecule has 0 unspecified atom stereocenters. The molecular weight excluding hydrogens is 409 g/mol. The number of piperidine rings is 1. The Bertz CT molecular complexity index is 1020. The fourth-order valence-corrected chi connectivity index (χ4v) is 4.16. The van der Waals surface area contributed by atoms with Gasteiger partial charge >= 0.3 is 5.97 Å². The van der Waals surface area contributed by atoms with Crippen molar-refractivity contribution in [3.63, 3.8) is 0 Å². The number of likely N-dealkylation sites (tertiary alicyclic amines) is 1. The molecule has 1 fully saturated rings. The lowest BCUT2D eigenvalue weighted by atomic mass is 9.97. The number of rotatable bonds is 9. The van der Waals surface area contributed by atoms with Crippen molar-refractivity contribution in [1.82, 2.24) is 9.88 Å². The molecule has 6 nitrogen and oxygen atoms in total. The summed E-state index contributed by atoms with van der Waals surface area (Å²) in [4.78, 5) is 17.8. The summed E-state index contributed by atoms with van der Waals surface area (Å²) in [6.07, 6.45) is 3.48. The summed E-state index contributed by atoms with van der Waals surface area (Å²) in [5.74, 6) is -0.466. The lowest BCUT2D eigenvalue weighted by Gasteiger charge is -2.33. The van der Waals surface area contributed by atoms with E-state index in [9.17, 15) is 9.18 Å². The number of benzene rings is 2. The van der Waals surface area contributed by atoms with Crippen molar-refractivity contribution in [3.8, 4) is 0 Å². The first-order valence-corrected chi connectivity index (χ1v) is 11.1. The van der Waals surface area contributed by atoms with Gasteiger partial charge in [0.2, 0.25) is 0 Å². The predicted octanol–water partition coefficient (Wildman–Crippen LogP) is 3.72. The van der Waals surface area contributed by atoms with Crippen LogP contribution in [0.2, 0.25) is 0 Å². The summed E-state index contributed by atoms with van der Waals surface area (Å²) in [5.41, 5.74) is 8.48. The highest BCUT2D eigenvalue weighted by Crippen LogP contribution is 2.22. The van der Waals surface area contributed by atoms with Gasteiger partial charge in [0.05, 0.1) is 25.4 Å². The van der Waals surface area contributed by atoms with Crippen LogP contribution in [0.15, 0.2) is 54.7 Å². The lowest BCUT2D eigenvalue weighted by molar-refractivity contribution is 0.0359. The van der Waals surface area contributed by atoms with Crippen molar-refractivity contribution in [2.24, 2.45) is 11.7 Å². The van der Waals surface area contributed by atoms with Gasteiger partial charge in [-0.3, -0.25) is 0 Å². The van der Waals surface area contributed by atoms with Crippen molar-refractivity contribution < 1.29 is 18.7 Å². The Kier molecular flexibility index (Phi) is 7.52. The maximum Gasteiger partial charge on any atom is 0.340 e. The average Bonchev–Trinajstić information content (AvgIpc) is 3.22. The van der Waals surface area contributed by atoms with E-state index in [4.69, 9.17) is 15.2 Å². The van der Waals surface area contributed by atoms with Crippen LogP contribution in [0.3, 0.4) is 0 Å². The van der Waals surface area contributed by atoms with Gasteiger partial charge in [-0.1, -0.05) is 30.3 Å². The standard InChI is InChI=1S/C25H30FN3O3/c26-20-6-7-24-22(12-20)23(13-28-24)25(30)32-16-19-8-10-29(11-9-19)14-21(27)17-31-15-18-4-2-1-3-5-18/h1-7,12-13,19,21,28H,8-11,14-17,27H2/t21-/m1/s1. The highest BCUT2D eigenvalue weighted by molar-refractivity contribution is 6.04. The van der Waals surface area contributed by atoms with E-state index in [1.165, 1.54) is 12.1 Å². The van der Waals surface area contributed by atoms with E-state index in [2.05, 4.69) is 9.88 Å². The molecular formula is C25H30FN3O3. The van der Waals surface area contributed by atoms with Gasteiger partial charge in [0, 0.05) is 29.7 Å². The van der Waals surface area contributed by atoms with Gasteiger partial charge in [-0.15, -0.1) is 0 Å². The second-order valence-electron chi connectivity index (χ2n) is 8.50. The normalized spacial score (nSPS) is 16.3. The minimum atomic E-state index is -0.415. The van der Waals surface area contributed by atoms with E-state index < -0.39 is 5.97 Å². The number of esters is 1. The first-order valence-electron chi connectivity index (χ1n) is 11.1. The van der Waals surface area contributed by atoms with Crippen LogP contribution in [0.1, 0.15) is 28.8 Å². The molecule has 7 heteroatoms. The van der Waals surface area contributed by atoms with Gasteiger partial charge in [0.1, 0.15) is 5.82 Å². The number of aromatic nitrogens is 1. The van der Waals surface area contributed by atoms with Gasteiger partial charge in [-0.05, 0) is 55.6 Å². The number of nitrogens with two attached hydrogens (primary N) is 1. The fourth-order valence-electron chi connectivity index (χ4n) is 4.16. The molecule has 1 saturated heterocycles. The number of carbonyl (C=O) groups excluding carboxylic acids is 1. The average molecular weight is 440 g/mol. The van der Waals surface area contributed by atoms with Crippen LogP contribution in [0, 0.1) is 11.7 Å². The minimum Gasteiger partial charge on any atom is -0.462 e. The molecule has 170 valence electrons. The molecule has 4 rings (SSSR count). The van der Waals surface area contributed by atoms with Crippen LogP contribution in [0.25, 0.3) is 10.9 Å². The summed E-state index contributed by atoms with van der Waals surface area (Å²) >= 11 is 0. The second kappa shape index (κ2) is 10.7. The summed E-state index contributed by atoms with van der Waals surface area (Å²) in [6.45, 7) is 4.12. The number of fused-ring (bicyclic) bond motifs is 1. The number of halogens is 1. The van der Waals surface area contributed by atoms with Crippen molar-refractivity contribution in [2.45, 2.75) is 25.5 Å². The fraction of sp³-hybridized carbons (Fsp3) is 0.400. The Morgan fingerprint density at radius 3 is 2.75 bits per heavy atom. The van der Waals surface area contributed by atoms with Crippen LogP contribution in [0.5, 0.6) is 0 Å². The largest absolute Gasteiger partial charge is 0.462 e. The number of ether oxygens (including phenoxy) is 2. The SMILES string of the molecule is N[C@@H](COCc1ccccc1)CN1CCC(COC(=O)c2c[nH]c3ccc(F)cc23)CC1. The molecule has 1 aliphatic rings. The molecule has 1 aliphatic heterocycles. The highest BCUT2D eigenvalue weighted by Gasteiger charge is 2.23. The Balaban J connectivity index is 1.15. The Morgan fingerprint density at radius 1 is 1.19 bits per heavy atom. The number of H-pyrrole nitrogens is 1. The molecule has 0 spiro atoms. The van der Waals surface area contributed by atoms with E-state index in [-0.39, 0.29) is 11.9 Å². The number of hydrogen-bond donors (Lipinski definition) is 2. The molecule has 3 N–H and O–H groups in total. The molecule has 2 aromatic carbocycles. The first kappa shape index (κ1) is 22.5. The third-order valence-electron chi connectivity index (χ3n) is 5.96. The Morgan fingerprint density at radius 2 is 1.97 bits per heavy atom. The number of hydrogen-bond acceptors (Lipinski definition) is 5. The van der Waals surface area contributed by atoms with Gasteiger partial charge in [0.15, 0.2) is 0 Å². The molecule has 0 bridgehead atoms. The van der Waals surface area contributed by atoms with E-state index >= 15 is 0 Å². The molecule has 0 amide bonds. The second-order valence-corrected chi connectivity index (χ2v) is 8.50. The summed E-state index contributed by atoms with van der Waals surface area (Å²) in [5, 5.41) is 0.549. The van der Waals surface area contributed by atoms with Crippen LogP contribution in [-0.4, -0.2) is 54.7 Å². The van der Waals surface area contributed by atoms with E-state index in [0.717, 1.165) is 43.6 Å². The predicted molar refractivity (Wildman–Crippen MR) is 122 cm³/mol. The van der Waals surface area contributed by atoms with Gasteiger partial charge in [-0.25, -0.2) is 9.18 Å². The Labute approximate surface area is 187 Å². The van der Waals surface area contributed by atoms with Crippen LogP contribution < -0.4 is 5.73 Å². The van der Waals surface area contributed by atoms with E-state index in [0.29, 0.717) is 36.7 Å². The van der Waals surface area contributed by atoms with Crippen LogP contribution >= 0.6 is 0 Å². The number of aromatic amines is 1. The van der Waals surface area contributed by atoms with E-state index in [1.807, 2.05) is 30.3 Å². The topological polar surface area (TPSA) is 80.6 Å². The monoisotopic (exact) mass is 439 g/mol. The molecule has 32 heavy (non-hydrogen) atoms. The maximum atomic E-state index is 13.5. The van der Waals surface area contributed by atoms with Crippen molar-refractivity contribution >= 4 is 16.9 Å². The van der Waals surface area contributed by atoms with Gasteiger partial charge < -0.3 is 25.1 Å². The van der Waals surface area contributed by atoms with Gasteiger partial charge in [-0.2, -0.15) is 0 Å². The molecule has 0 aliphatic carbocycles. The third kappa shape index (κ3) is 5.94. The summed E-state index contributed by atoms with van der Waals surface area (Å²) in [7, 11) is 0. The molecule has 0 radical (unpaired) electrons. The van der Waals surface area contributed by atoms with Crippen LogP contribution in [-0.2, 0) is 16.1 Å². The smallest absolute Gasteiger partial charge is 0.340 e. The lowest BCUT2D eigenvalue weighted by Crippen LogP contribution is -2.44. The molecule has 3 aromatic rings. The first-order chi connectivity index (χ1) is 15.6. The maximum absolute atomic E-state index is 13.5. The van der Waals surface area contributed by atoms with E-state index in [1.54, 1.807) is 12.3 Å². The van der Waals surface area contributed by atoms with Crippen molar-refractivity contribution in [2.75, 3.05) is 32.8 Å². The van der Waals surface area contributed by atoms with Crippen molar-refractivity contribution in [1.29, 1.82) is 0 Å². The van der Waals surface area contributed by atoms with Crippen LogP contribution in [0.4, 0.5) is 4.39 Å². The molecule has 1 aromatic heterocycles. The third-order valence-corrected chi connectivity index (χ3v) is 5.96. The molecule has 1 atom stereocenters. The Hall–Kier alpha value is -2.74. The molecule has 2 heterocycles. The zero-order valence-electron chi connectivity index (χ0n) is 18.1. The summed E-state index contributed by atoms with van der Waals surface area (Å²) < 4.78 is 24.8. The summed E-state index contributed by atoms with van der Waals surface area (Å²) in [6, 6.07) is 14.4. The number of nitrogens with zero attached hydrogens (tertiary/aromatic N) is 1. The molecule has 0 saturated carbocycles.